The Kier molecular flexibility index (Phi) is 5.07. The van der Waals surface area contributed by atoms with Crippen molar-refractivity contribution in [2.45, 2.75) is 6.54 Å². The first-order chi connectivity index (χ1) is 7.25. The molecule has 0 bridgehead atoms. The van der Waals surface area contributed by atoms with Crippen LogP contribution >= 0.6 is 0 Å². The van der Waals surface area contributed by atoms with Crippen LogP contribution in [0.15, 0.2) is 18.5 Å². The van der Waals surface area contributed by atoms with E-state index in [1.807, 2.05) is 32.6 Å². The maximum atomic E-state index is 4.97. The molecule has 0 unspecified atom stereocenters. The minimum atomic E-state index is 0.734. The van der Waals surface area contributed by atoms with Crippen molar-refractivity contribution in [1.29, 1.82) is 0 Å². The molecule has 0 saturated carbocycles. The summed E-state index contributed by atoms with van der Waals surface area (Å²) in [5.41, 5.74) is 2.41. The fourth-order valence-electron chi connectivity index (χ4n) is 1.39. The van der Waals surface area contributed by atoms with Crippen LogP contribution < -0.4 is 10.2 Å². The van der Waals surface area contributed by atoms with E-state index >= 15 is 0 Å². The van der Waals surface area contributed by atoms with Gasteiger partial charge in [-0.15, -0.1) is 0 Å². The van der Waals surface area contributed by atoms with Gasteiger partial charge < -0.3 is 15.0 Å². The Bertz CT molecular complexity index is 289. The third kappa shape index (κ3) is 3.85. The van der Waals surface area contributed by atoms with Crippen LogP contribution in [0.25, 0.3) is 0 Å². The van der Waals surface area contributed by atoms with Crippen molar-refractivity contribution >= 4 is 5.69 Å². The molecule has 1 heterocycles. The number of aromatic nitrogens is 1. The second-order valence-electron chi connectivity index (χ2n) is 3.57. The Labute approximate surface area is 91.3 Å². The topological polar surface area (TPSA) is 37.4 Å². The summed E-state index contributed by atoms with van der Waals surface area (Å²) in [7, 11) is 5.78. The van der Waals surface area contributed by atoms with Crippen molar-refractivity contribution in [2.24, 2.45) is 0 Å². The van der Waals surface area contributed by atoms with Gasteiger partial charge >= 0.3 is 0 Å². The highest BCUT2D eigenvalue weighted by Crippen LogP contribution is 2.15. The Balaban J connectivity index is 2.52. The normalized spacial score (nSPS) is 10.3. The molecule has 84 valence electrons. The van der Waals surface area contributed by atoms with Gasteiger partial charge in [0.05, 0.1) is 6.61 Å². The Morgan fingerprint density at radius 2 is 2.27 bits per heavy atom. The lowest BCUT2D eigenvalue weighted by atomic mass is 10.2. The smallest absolute Gasteiger partial charge is 0.0587 e. The lowest BCUT2D eigenvalue weighted by Crippen LogP contribution is -2.21. The van der Waals surface area contributed by atoms with Crippen LogP contribution in [-0.2, 0) is 11.3 Å². The number of methoxy groups -OCH3 is 1. The molecule has 0 aliphatic carbocycles. The Hall–Kier alpha value is -1.13. The van der Waals surface area contributed by atoms with Crippen molar-refractivity contribution in [3.63, 3.8) is 0 Å². The summed E-state index contributed by atoms with van der Waals surface area (Å²) in [6, 6.07) is 2.02. The highest BCUT2D eigenvalue weighted by Gasteiger charge is 2.02. The minimum absolute atomic E-state index is 0.734. The van der Waals surface area contributed by atoms with E-state index < -0.39 is 0 Å². The maximum Gasteiger partial charge on any atom is 0.0587 e. The lowest BCUT2D eigenvalue weighted by Gasteiger charge is -2.17. The summed E-state index contributed by atoms with van der Waals surface area (Å²) in [5, 5.41) is 3.31. The summed E-state index contributed by atoms with van der Waals surface area (Å²) < 4.78 is 4.97. The zero-order valence-corrected chi connectivity index (χ0v) is 9.66. The number of nitrogens with zero attached hydrogens (tertiary/aromatic N) is 2. The second-order valence-corrected chi connectivity index (χ2v) is 3.57. The van der Waals surface area contributed by atoms with Crippen LogP contribution in [0, 0.1) is 0 Å². The molecular weight excluding hydrogens is 190 g/mol. The number of anilines is 1. The molecule has 4 heteroatoms. The van der Waals surface area contributed by atoms with E-state index in [4.69, 9.17) is 4.74 Å². The lowest BCUT2D eigenvalue weighted by molar-refractivity contribution is 0.199. The predicted molar refractivity (Wildman–Crippen MR) is 62.1 cm³/mol. The number of nitrogens with one attached hydrogen (secondary N) is 1. The standard InChI is InChI=1S/C11H19N3O/c1-14(2)11-4-5-12-8-10(11)9-13-6-7-15-3/h4-5,8,13H,6-7,9H2,1-3H3. The van der Waals surface area contributed by atoms with Crippen molar-refractivity contribution in [2.75, 3.05) is 39.3 Å². The summed E-state index contributed by atoms with van der Waals surface area (Å²) in [6.07, 6.45) is 3.71. The van der Waals surface area contributed by atoms with E-state index in [1.54, 1.807) is 7.11 Å². The fourth-order valence-corrected chi connectivity index (χ4v) is 1.39. The van der Waals surface area contributed by atoms with Gasteiger partial charge in [-0.2, -0.15) is 0 Å². The summed E-state index contributed by atoms with van der Waals surface area (Å²) in [6.45, 7) is 2.42. The first kappa shape index (κ1) is 11.9. The average molecular weight is 209 g/mol. The van der Waals surface area contributed by atoms with Gasteiger partial charge in [0, 0.05) is 57.9 Å². The number of hydrogen-bond donors (Lipinski definition) is 1. The third-order valence-corrected chi connectivity index (χ3v) is 2.16. The molecule has 1 aromatic rings. The zero-order chi connectivity index (χ0) is 11.1. The maximum absolute atomic E-state index is 4.97. The zero-order valence-electron chi connectivity index (χ0n) is 9.66. The number of pyridine rings is 1. The molecule has 1 aromatic heterocycles. The molecule has 0 aliphatic rings. The summed E-state index contributed by atoms with van der Waals surface area (Å²) >= 11 is 0. The van der Waals surface area contributed by atoms with E-state index in [1.165, 1.54) is 11.3 Å². The largest absolute Gasteiger partial charge is 0.383 e. The van der Waals surface area contributed by atoms with Crippen LogP contribution in [0.3, 0.4) is 0 Å². The molecule has 1 N–H and O–H groups in total. The van der Waals surface area contributed by atoms with Crippen LogP contribution in [0.1, 0.15) is 5.56 Å². The molecule has 0 atom stereocenters. The van der Waals surface area contributed by atoms with Gasteiger partial charge in [0.2, 0.25) is 0 Å². The quantitative estimate of drug-likeness (QED) is 0.706. The number of rotatable bonds is 6. The van der Waals surface area contributed by atoms with Crippen molar-refractivity contribution in [3.05, 3.63) is 24.0 Å². The van der Waals surface area contributed by atoms with Crippen LogP contribution in [0.2, 0.25) is 0 Å². The molecule has 0 radical (unpaired) electrons. The van der Waals surface area contributed by atoms with Crippen LogP contribution in [-0.4, -0.2) is 39.3 Å². The fraction of sp³-hybridized carbons (Fsp3) is 0.545. The number of ether oxygens (including phenoxy) is 1. The number of hydrogen-bond acceptors (Lipinski definition) is 4. The van der Waals surface area contributed by atoms with E-state index in [0.29, 0.717) is 0 Å². The van der Waals surface area contributed by atoms with Gasteiger partial charge in [-0.1, -0.05) is 0 Å². The van der Waals surface area contributed by atoms with Gasteiger partial charge in [0.15, 0.2) is 0 Å². The van der Waals surface area contributed by atoms with Crippen LogP contribution in [0.5, 0.6) is 0 Å². The highest BCUT2D eigenvalue weighted by atomic mass is 16.5. The Morgan fingerprint density at radius 3 is 2.93 bits per heavy atom. The Morgan fingerprint density at radius 1 is 1.47 bits per heavy atom. The minimum Gasteiger partial charge on any atom is -0.383 e. The molecule has 4 nitrogen and oxygen atoms in total. The van der Waals surface area contributed by atoms with Crippen LogP contribution in [0.4, 0.5) is 5.69 Å². The third-order valence-electron chi connectivity index (χ3n) is 2.16. The van der Waals surface area contributed by atoms with Gasteiger partial charge in [-0.25, -0.2) is 0 Å². The average Bonchev–Trinajstić information content (AvgIpc) is 2.25. The monoisotopic (exact) mass is 209 g/mol. The molecule has 15 heavy (non-hydrogen) atoms. The molecule has 1 rings (SSSR count). The summed E-state index contributed by atoms with van der Waals surface area (Å²) in [4.78, 5) is 6.22. The molecule has 0 amide bonds. The van der Waals surface area contributed by atoms with Crippen molar-refractivity contribution in [1.82, 2.24) is 10.3 Å². The molecule has 0 aromatic carbocycles. The van der Waals surface area contributed by atoms with Crippen molar-refractivity contribution < 1.29 is 4.74 Å². The molecular formula is C11H19N3O. The summed E-state index contributed by atoms with van der Waals surface area (Å²) in [5.74, 6) is 0. The van der Waals surface area contributed by atoms with E-state index in [9.17, 15) is 0 Å². The first-order valence-corrected chi connectivity index (χ1v) is 5.05. The van der Waals surface area contributed by atoms with E-state index in [0.717, 1.165) is 19.7 Å². The second kappa shape index (κ2) is 6.37. The van der Waals surface area contributed by atoms with Gasteiger partial charge in [0.1, 0.15) is 0 Å². The molecule has 0 saturated heterocycles. The van der Waals surface area contributed by atoms with E-state index in [-0.39, 0.29) is 0 Å². The van der Waals surface area contributed by atoms with Gasteiger partial charge in [-0.3, -0.25) is 4.98 Å². The van der Waals surface area contributed by atoms with Gasteiger partial charge in [-0.05, 0) is 6.07 Å². The SMILES string of the molecule is COCCNCc1cnccc1N(C)C. The molecule has 0 spiro atoms. The van der Waals surface area contributed by atoms with Crippen molar-refractivity contribution in [3.8, 4) is 0 Å². The molecule has 0 aliphatic heterocycles. The molecule has 0 fully saturated rings. The van der Waals surface area contributed by atoms with E-state index in [2.05, 4.69) is 15.2 Å². The van der Waals surface area contributed by atoms with Gasteiger partial charge in [0.25, 0.3) is 0 Å². The highest BCUT2D eigenvalue weighted by molar-refractivity contribution is 5.50. The predicted octanol–water partition coefficient (Wildman–Crippen LogP) is 0.884. The first-order valence-electron chi connectivity index (χ1n) is 5.05.